The first-order valence-corrected chi connectivity index (χ1v) is 13.3. The number of aromatic nitrogens is 2. The zero-order valence-corrected chi connectivity index (χ0v) is 22.8. The van der Waals surface area contributed by atoms with E-state index in [-0.39, 0.29) is 12.2 Å². The molecule has 0 saturated carbocycles. The Morgan fingerprint density at radius 2 is 1.70 bits per heavy atom. The van der Waals surface area contributed by atoms with Crippen molar-refractivity contribution in [3.63, 3.8) is 0 Å². The Hall–Kier alpha value is -4.68. The van der Waals surface area contributed by atoms with Crippen LogP contribution in [0.5, 0.6) is 11.5 Å². The van der Waals surface area contributed by atoms with Crippen molar-refractivity contribution in [2.24, 2.45) is 5.10 Å². The van der Waals surface area contributed by atoms with Crippen LogP contribution in [0.25, 0.3) is 22.3 Å². The fourth-order valence-corrected chi connectivity index (χ4v) is 4.58. The van der Waals surface area contributed by atoms with E-state index in [1.165, 1.54) is 4.68 Å². The third-order valence-electron chi connectivity index (χ3n) is 6.26. The van der Waals surface area contributed by atoms with Crippen LogP contribution in [0, 0.1) is 0 Å². The molecule has 0 amide bonds. The molecule has 6 nitrogen and oxygen atoms in total. The monoisotopic (exact) mass is 549 g/mol. The molecular weight excluding hydrogens is 522 g/mol. The van der Waals surface area contributed by atoms with Gasteiger partial charge in [-0.15, -0.1) is 6.58 Å². The van der Waals surface area contributed by atoms with Gasteiger partial charge in [-0.05, 0) is 49.2 Å². The van der Waals surface area contributed by atoms with Crippen molar-refractivity contribution in [2.75, 3.05) is 6.61 Å². The van der Waals surface area contributed by atoms with E-state index in [0.29, 0.717) is 46.3 Å². The Bertz CT molecular complexity index is 1750. The van der Waals surface area contributed by atoms with E-state index in [4.69, 9.17) is 26.1 Å². The van der Waals surface area contributed by atoms with Crippen molar-refractivity contribution in [1.82, 2.24) is 9.66 Å². The zero-order valence-electron chi connectivity index (χ0n) is 22.1. The summed E-state index contributed by atoms with van der Waals surface area (Å²) in [5.74, 6) is 1.65. The first kappa shape index (κ1) is 26.9. The SMILES string of the molecule is C=CCc1cc(C=Nn2c(-c3ccccc3)nc3ccccc3c2=O)cc(OCC)c1OCc1ccccc1Cl. The van der Waals surface area contributed by atoms with Crippen molar-refractivity contribution in [3.05, 3.63) is 136 Å². The molecule has 0 radical (unpaired) electrons. The second-order valence-electron chi connectivity index (χ2n) is 8.99. The number of halogens is 1. The van der Waals surface area contributed by atoms with Gasteiger partial charge in [-0.3, -0.25) is 4.79 Å². The van der Waals surface area contributed by atoms with Crippen LogP contribution in [-0.2, 0) is 13.0 Å². The minimum Gasteiger partial charge on any atom is -0.490 e. The summed E-state index contributed by atoms with van der Waals surface area (Å²) >= 11 is 6.35. The van der Waals surface area contributed by atoms with E-state index in [2.05, 4.69) is 11.7 Å². The molecule has 0 spiro atoms. The number of hydrogen-bond donors (Lipinski definition) is 0. The molecule has 0 fully saturated rings. The standard InChI is InChI=1S/C33H28ClN3O3/c1-3-12-25-19-23(20-30(39-4-2)31(25)40-22-26-15-8-10-17-28(26)34)21-35-37-32(24-13-6-5-7-14-24)36-29-18-11-9-16-27(29)33(37)38/h3,5-11,13-21H,1,4,12,22H2,2H3. The summed E-state index contributed by atoms with van der Waals surface area (Å²) in [6.45, 7) is 6.56. The molecule has 1 aromatic heterocycles. The van der Waals surface area contributed by atoms with Crippen LogP contribution < -0.4 is 15.0 Å². The van der Waals surface area contributed by atoms with Gasteiger partial charge in [0.15, 0.2) is 17.3 Å². The molecule has 4 aromatic carbocycles. The molecule has 0 saturated heterocycles. The average molecular weight is 550 g/mol. The summed E-state index contributed by atoms with van der Waals surface area (Å²) in [6.07, 6.45) is 3.99. The zero-order chi connectivity index (χ0) is 27.9. The fraction of sp³-hybridized carbons (Fsp3) is 0.121. The molecule has 0 aliphatic carbocycles. The maximum absolute atomic E-state index is 13.5. The van der Waals surface area contributed by atoms with Crippen LogP contribution in [0.15, 0.2) is 114 Å². The van der Waals surface area contributed by atoms with E-state index in [1.54, 1.807) is 18.4 Å². The summed E-state index contributed by atoms with van der Waals surface area (Å²) in [7, 11) is 0. The second-order valence-corrected chi connectivity index (χ2v) is 9.40. The van der Waals surface area contributed by atoms with Crippen molar-refractivity contribution < 1.29 is 9.47 Å². The van der Waals surface area contributed by atoms with Gasteiger partial charge >= 0.3 is 0 Å². The first-order valence-electron chi connectivity index (χ1n) is 13.0. The van der Waals surface area contributed by atoms with Crippen LogP contribution in [0.3, 0.4) is 0 Å². The molecular formula is C33H28ClN3O3. The maximum atomic E-state index is 13.5. The lowest BCUT2D eigenvalue weighted by Gasteiger charge is -2.17. The van der Waals surface area contributed by atoms with Crippen molar-refractivity contribution in [3.8, 4) is 22.9 Å². The molecule has 200 valence electrons. The lowest BCUT2D eigenvalue weighted by Crippen LogP contribution is -2.20. The minimum absolute atomic E-state index is 0.253. The Morgan fingerprint density at radius 3 is 2.48 bits per heavy atom. The fourth-order valence-electron chi connectivity index (χ4n) is 4.39. The molecule has 5 aromatic rings. The van der Waals surface area contributed by atoms with E-state index in [0.717, 1.165) is 22.3 Å². The molecule has 0 bridgehead atoms. The summed E-state index contributed by atoms with van der Waals surface area (Å²) in [5.41, 5.74) is 3.64. The largest absolute Gasteiger partial charge is 0.490 e. The van der Waals surface area contributed by atoms with Gasteiger partial charge in [0.05, 0.1) is 23.7 Å². The molecule has 1 heterocycles. The van der Waals surface area contributed by atoms with Crippen LogP contribution in [0.4, 0.5) is 0 Å². The molecule has 0 atom stereocenters. The van der Waals surface area contributed by atoms with E-state index in [9.17, 15) is 4.79 Å². The van der Waals surface area contributed by atoms with Gasteiger partial charge in [-0.1, -0.05) is 78.3 Å². The smallest absolute Gasteiger partial charge is 0.282 e. The number of allylic oxidation sites excluding steroid dienone is 1. The van der Waals surface area contributed by atoms with E-state index >= 15 is 0 Å². The maximum Gasteiger partial charge on any atom is 0.282 e. The van der Waals surface area contributed by atoms with Gasteiger partial charge in [-0.2, -0.15) is 9.78 Å². The third-order valence-corrected chi connectivity index (χ3v) is 6.62. The van der Waals surface area contributed by atoms with Gasteiger partial charge < -0.3 is 9.47 Å². The quantitative estimate of drug-likeness (QED) is 0.135. The van der Waals surface area contributed by atoms with Crippen LogP contribution in [0.2, 0.25) is 5.02 Å². The number of fused-ring (bicyclic) bond motifs is 1. The number of ether oxygens (including phenoxy) is 2. The van der Waals surface area contributed by atoms with Gasteiger partial charge in [-0.25, -0.2) is 4.98 Å². The number of benzene rings is 4. The molecule has 40 heavy (non-hydrogen) atoms. The number of hydrogen-bond acceptors (Lipinski definition) is 5. The first-order chi connectivity index (χ1) is 19.6. The van der Waals surface area contributed by atoms with Gasteiger partial charge in [0.2, 0.25) is 0 Å². The second kappa shape index (κ2) is 12.5. The van der Waals surface area contributed by atoms with Crippen LogP contribution in [-0.4, -0.2) is 22.5 Å². The molecule has 7 heteroatoms. The topological polar surface area (TPSA) is 65.7 Å². The summed E-state index contributed by atoms with van der Waals surface area (Å²) in [6, 6.07) is 28.2. The molecule has 5 rings (SSSR count). The molecule has 0 unspecified atom stereocenters. The Labute approximate surface area is 237 Å². The normalized spacial score (nSPS) is 11.2. The van der Waals surface area contributed by atoms with E-state index in [1.807, 2.05) is 91.9 Å². The molecule has 0 N–H and O–H groups in total. The Morgan fingerprint density at radius 1 is 0.950 bits per heavy atom. The summed E-state index contributed by atoms with van der Waals surface area (Å²) in [5, 5.41) is 5.74. The van der Waals surface area contributed by atoms with Gasteiger partial charge in [0.25, 0.3) is 5.56 Å². The predicted octanol–water partition coefficient (Wildman–Crippen LogP) is 7.31. The highest BCUT2D eigenvalue weighted by Crippen LogP contribution is 2.35. The number of nitrogens with zero attached hydrogens (tertiary/aromatic N) is 3. The van der Waals surface area contributed by atoms with Crippen molar-refractivity contribution in [1.29, 1.82) is 0 Å². The Balaban J connectivity index is 1.58. The predicted molar refractivity (Wildman–Crippen MR) is 162 cm³/mol. The minimum atomic E-state index is -0.253. The molecule has 0 aliphatic heterocycles. The number of para-hydroxylation sites is 1. The lowest BCUT2D eigenvalue weighted by molar-refractivity contribution is 0.267. The highest BCUT2D eigenvalue weighted by molar-refractivity contribution is 6.31. The van der Waals surface area contributed by atoms with Crippen molar-refractivity contribution in [2.45, 2.75) is 20.0 Å². The highest BCUT2D eigenvalue weighted by atomic mass is 35.5. The lowest BCUT2D eigenvalue weighted by atomic mass is 10.1. The van der Waals surface area contributed by atoms with E-state index < -0.39 is 0 Å². The number of rotatable bonds is 10. The van der Waals surface area contributed by atoms with Crippen LogP contribution in [0.1, 0.15) is 23.6 Å². The van der Waals surface area contributed by atoms with Gasteiger partial charge in [0.1, 0.15) is 6.61 Å². The van der Waals surface area contributed by atoms with Crippen LogP contribution >= 0.6 is 11.6 Å². The summed E-state index contributed by atoms with van der Waals surface area (Å²) in [4.78, 5) is 18.3. The summed E-state index contributed by atoms with van der Waals surface area (Å²) < 4.78 is 13.6. The van der Waals surface area contributed by atoms with Crippen molar-refractivity contribution >= 4 is 28.7 Å². The molecule has 0 aliphatic rings. The van der Waals surface area contributed by atoms with Gasteiger partial charge in [0, 0.05) is 21.7 Å². The highest BCUT2D eigenvalue weighted by Gasteiger charge is 2.15. The average Bonchev–Trinajstić information content (AvgIpc) is 2.98. The Kier molecular flexibility index (Phi) is 8.38. The third kappa shape index (κ3) is 5.82.